The summed E-state index contributed by atoms with van der Waals surface area (Å²) >= 11 is 0. The molecule has 0 spiro atoms. The number of fused-ring (bicyclic) bond motifs is 1. The minimum Gasteiger partial charge on any atom is -0.453 e. The summed E-state index contributed by atoms with van der Waals surface area (Å²) in [5.74, 6) is -0.238. The number of methoxy groups -OCH3 is 1. The number of nitrogens with one attached hydrogen (secondary N) is 2. The van der Waals surface area contributed by atoms with Crippen LogP contribution in [0.15, 0.2) is 71.9 Å². The second-order valence-corrected chi connectivity index (χ2v) is 11.6. The Hall–Kier alpha value is -5.37. The van der Waals surface area contributed by atoms with Crippen LogP contribution in [0.5, 0.6) is 0 Å². The van der Waals surface area contributed by atoms with Crippen molar-refractivity contribution in [2.45, 2.75) is 57.3 Å². The summed E-state index contributed by atoms with van der Waals surface area (Å²) in [5.41, 5.74) is 2.69. The van der Waals surface area contributed by atoms with E-state index in [0.717, 1.165) is 30.5 Å². The van der Waals surface area contributed by atoms with Crippen molar-refractivity contribution in [1.29, 1.82) is 0 Å². The van der Waals surface area contributed by atoms with Gasteiger partial charge in [-0.3, -0.25) is 19.0 Å². The zero-order valence-corrected chi connectivity index (χ0v) is 27.3. The maximum absolute atomic E-state index is 13.7. The molecule has 1 aliphatic heterocycles. The maximum atomic E-state index is 13.7. The number of likely N-dealkylation sites (N-methyl/N-ethyl adjacent to an activating group) is 1. The van der Waals surface area contributed by atoms with Gasteiger partial charge in [0, 0.05) is 33.3 Å². The molecule has 48 heavy (non-hydrogen) atoms. The molecule has 4 heterocycles. The van der Waals surface area contributed by atoms with Gasteiger partial charge < -0.3 is 29.6 Å². The van der Waals surface area contributed by atoms with E-state index in [9.17, 15) is 19.2 Å². The van der Waals surface area contributed by atoms with Crippen molar-refractivity contribution >= 4 is 34.8 Å². The number of carbonyl (C=O) groups excluding carboxylic acids is 3. The lowest BCUT2D eigenvalue weighted by atomic mass is 10.1. The predicted octanol–water partition coefficient (Wildman–Crippen LogP) is 3.41. The van der Waals surface area contributed by atoms with Gasteiger partial charge in [0.15, 0.2) is 5.65 Å². The fourth-order valence-electron chi connectivity index (χ4n) is 5.46. The molecule has 0 bridgehead atoms. The van der Waals surface area contributed by atoms with Gasteiger partial charge in [-0.15, -0.1) is 0 Å². The van der Waals surface area contributed by atoms with E-state index in [0.29, 0.717) is 36.4 Å². The van der Waals surface area contributed by atoms with Crippen LogP contribution in [0.2, 0.25) is 0 Å². The summed E-state index contributed by atoms with van der Waals surface area (Å²) in [4.78, 5) is 66.4. The molecule has 1 aliphatic rings. The number of amides is 3. The second-order valence-electron chi connectivity index (χ2n) is 11.6. The summed E-state index contributed by atoms with van der Waals surface area (Å²) in [6.45, 7) is 0.688. The van der Waals surface area contributed by atoms with Crippen LogP contribution in [0.25, 0.3) is 11.2 Å². The van der Waals surface area contributed by atoms with E-state index >= 15 is 0 Å². The molecule has 3 amide bonds. The monoisotopic (exact) mass is 656 g/mol. The molecule has 0 saturated carbocycles. The maximum Gasteiger partial charge on any atom is 0.407 e. The second kappa shape index (κ2) is 16.0. The Balaban J connectivity index is 1.41. The first-order chi connectivity index (χ1) is 23.2. The smallest absolute Gasteiger partial charge is 0.407 e. The van der Waals surface area contributed by atoms with Crippen LogP contribution in [0, 0.1) is 0 Å². The molecular formula is C34H40N8O6. The molecule has 1 saturated heterocycles. The van der Waals surface area contributed by atoms with Crippen LogP contribution in [0.1, 0.15) is 55.4 Å². The highest BCUT2D eigenvalue weighted by atomic mass is 16.5. The van der Waals surface area contributed by atoms with Crippen LogP contribution in [0.3, 0.4) is 0 Å². The van der Waals surface area contributed by atoms with E-state index in [1.807, 2.05) is 34.9 Å². The molecule has 5 rings (SSSR count). The fourth-order valence-corrected chi connectivity index (χ4v) is 5.46. The van der Waals surface area contributed by atoms with Crippen molar-refractivity contribution < 1.29 is 23.9 Å². The van der Waals surface area contributed by atoms with E-state index in [2.05, 4.69) is 20.6 Å². The van der Waals surface area contributed by atoms with Gasteiger partial charge in [-0.2, -0.15) is 0 Å². The van der Waals surface area contributed by atoms with Crippen molar-refractivity contribution in [2.75, 3.05) is 33.1 Å². The third-order valence-electron chi connectivity index (χ3n) is 7.99. The van der Waals surface area contributed by atoms with Gasteiger partial charge in [0.25, 0.3) is 5.56 Å². The van der Waals surface area contributed by atoms with Crippen molar-refractivity contribution in [3.05, 3.63) is 94.6 Å². The van der Waals surface area contributed by atoms with Gasteiger partial charge >= 0.3 is 6.09 Å². The topological polar surface area (TPSA) is 163 Å². The summed E-state index contributed by atoms with van der Waals surface area (Å²) in [6, 6.07) is 12.1. The Morgan fingerprint density at radius 3 is 2.67 bits per heavy atom. The van der Waals surface area contributed by atoms with E-state index in [1.165, 1.54) is 35.0 Å². The molecule has 1 unspecified atom stereocenters. The summed E-state index contributed by atoms with van der Waals surface area (Å²) in [6.07, 6.45) is 8.82. The lowest BCUT2D eigenvalue weighted by Gasteiger charge is -2.25. The average Bonchev–Trinajstić information content (AvgIpc) is 3.47. The number of rotatable bonds is 12. The number of anilines is 1. The molecule has 2 N–H and O–H groups in total. The normalized spacial score (nSPS) is 15.3. The molecule has 1 fully saturated rings. The van der Waals surface area contributed by atoms with Gasteiger partial charge in [-0.1, -0.05) is 36.4 Å². The molecule has 0 aliphatic carbocycles. The van der Waals surface area contributed by atoms with Crippen LogP contribution in [-0.2, 0) is 32.0 Å². The molecule has 0 radical (unpaired) electrons. The SMILES string of the molecule is COC(=O)N[C@@H](CC/C=C/C(=O)N(C)C)C(=O)Nc1cccn(Cc2nc3c(Cc4ccccc4)ncnc3n2C2CCCCO2)c1=O. The lowest BCUT2D eigenvalue weighted by Crippen LogP contribution is -2.44. The van der Waals surface area contributed by atoms with Gasteiger partial charge in [0.05, 0.1) is 19.3 Å². The number of imidazole rings is 1. The van der Waals surface area contributed by atoms with Crippen molar-refractivity contribution in [1.82, 2.24) is 34.3 Å². The van der Waals surface area contributed by atoms with E-state index in [4.69, 9.17) is 14.5 Å². The standard InChI is InChI=1S/C34H40N8O6/c1-40(2)28(43)16-8-7-14-24(38-34(46)47-3)32(44)37-25-15-11-18-41(33(25)45)21-27-39-30-26(20-23-12-5-4-6-13-23)35-22-36-31(30)42(27)29-17-9-10-19-48-29/h4-6,8,11-13,15-16,18,22,24,29H,7,9-10,14,17,19-21H2,1-3H3,(H,37,44)(H,38,46)/b16-8+/t24-,29?/m0/s1. The summed E-state index contributed by atoms with van der Waals surface area (Å²) in [7, 11) is 4.45. The number of carbonyl (C=O) groups is 3. The minimum absolute atomic E-state index is 0.0265. The predicted molar refractivity (Wildman–Crippen MR) is 178 cm³/mol. The third-order valence-corrected chi connectivity index (χ3v) is 7.99. The van der Waals surface area contributed by atoms with E-state index < -0.39 is 23.6 Å². The van der Waals surface area contributed by atoms with Gasteiger partial charge in [0.1, 0.15) is 35.6 Å². The fraction of sp³-hybridized carbons (Fsp3) is 0.382. The zero-order valence-electron chi connectivity index (χ0n) is 27.3. The third kappa shape index (κ3) is 8.31. The van der Waals surface area contributed by atoms with Crippen molar-refractivity contribution in [2.24, 2.45) is 0 Å². The molecule has 14 heteroatoms. The Labute approximate surface area is 277 Å². The molecular weight excluding hydrogens is 616 g/mol. The highest BCUT2D eigenvalue weighted by molar-refractivity contribution is 5.96. The van der Waals surface area contributed by atoms with Crippen molar-refractivity contribution in [3.63, 3.8) is 0 Å². The van der Waals surface area contributed by atoms with Gasteiger partial charge in [-0.05, 0) is 55.9 Å². The highest BCUT2D eigenvalue weighted by Gasteiger charge is 2.26. The lowest BCUT2D eigenvalue weighted by molar-refractivity contribution is -0.123. The van der Waals surface area contributed by atoms with Crippen molar-refractivity contribution in [3.8, 4) is 0 Å². The number of pyridine rings is 1. The van der Waals surface area contributed by atoms with E-state index in [-0.39, 0.29) is 30.8 Å². The number of benzene rings is 1. The number of hydrogen-bond acceptors (Lipinski definition) is 9. The first-order valence-electron chi connectivity index (χ1n) is 15.8. The number of nitrogens with zero attached hydrogens (tertiary/aromatic N) is 6. The number of aromatic nitrogens is 5. The largest absolute Gasteiger partial charge is 0.453 e. The number of allylic oxidation sites excluding steroid dienone is 1. The average molecular weight is 657 g/mol. The molecule has 252 valence electrons. The quantitative estimate of drug-likeness (QED) is 0.218. The van der Waals surface area contributed by atoms with Crippen LogP contribution >= 0.6 is 0 Å². The summed E-state index contributed by atoms with van der Waals surface area (Å²) < 4.78 is 14.3. The molecule has 2 atom stereocenters. The minimum atomic E-state index is -1.03. The Bertz CT molecular complexity index is 1830. The Morgan fingerprint density at radius 2 is 1.94 bits per heavy atom. The van der Waals surface area contributed by atoms with Crippen LogP contribution in [-0.4, -0.2) is 80.7 Å². The summed E-state index contributed by atoms with van der Waals surface area (Å²) in [5, 5.41) is 5.16. The Kier molecular flexibility index (Phi) is 11.3. The molecule has 14 nitrogen and oxygen atoms in total. The first-order valence-corrected chi connectivity index (χ1v) is 15.8. The first kappa shape index (κ1) is 34.0. The van der Waals surface area contributed by atoms with Crippen LogP contribution < -0.4 is 16.2 Å². The van der Waals surface area contributed by atoms with Gasteiger partial charge in [-0.25, -0.2) is 19.7 Å². The number of ether oxygens (including phenoxy) is 2. The molecule has 4 aromatic rings. The van der Waals surface area contributed by atoms with E-state index in [1.54, 1.807) is 32.4 Å². The molecule has 3 aromatic heterocycles. The number of hydrogen-bond donors (Lipinski definition) is 2. The molecule has 1 aromatic carbocycles. The highest BCUT2D eigenvalue weighted by Crippen LogP contribution is 2.29. The number of alkyl carbamates (subject to hydrolysis) is 1. The van der Waals surface area contributed by atoms with Crippen LogP contribution in [0.4, 0.5) is 10.5 Å². The zero-order chi connectivity index (χ0) is 34.0. The Morgan fingerprint density at radius 1 is 1.12 bits per heavy atom. The van der Waals surface area contributed by atoms with Gasteiger partial charge in [0.2, 0.25) is 11.8 Å².